The number of hydrogen-bond donors (Lipinski definition) is 0. The molecule has 1 aromatic carbocycles. The van der Waals surface area contributed by atoms with Crippen LogP contribution in [0.3, 0.4) is 0 Å². The Kier molecular flexibility index (Phi) is 3.04. The summed E-state index contributed by atoms with van der Waals surface area (Å²) in [6.45, 7) is 2.72. The molecule has 3 nitrogen and oxygen atoms in total. The van der Waals surface area contributed by atoms with Crippen LogP contribution in [0.25, 0.3) is 10.9 Å². The second-order valence-corrected chi connectivity index (χ2v) is 4.74. The molecule has 1 unspecified atom stereocenters. The predicted molar refractivity (Wildman–Crippen MR) is 67.9 cm³/mol. The molecule has 0 aliphatic carbocycles. The molecule has 0 spiro atoms. The average molecular weight is 248 g/mol. The first-order valence-corrected chi connectivity index (χ1v) is 6.57. The molecule has 1 atom stereocenters. The predicted octanol–water partition coefficient (Wildman–Crippen LogP) is 3.44. The number of aryl methyl sites for hydroxylation is 1. The van der Waals surface area contributed by atoms with Gasteiger partial charge in [-0.15, -0.1) is 0 Å². The van der Waals surface area contributed by atoms with Gasteiger partial charge in [0.25, 0.3) is 0 Å². The third kappa shape index (κ3) is 1.81. The van der Waals surface area contributed by atoms with Gasteiger partial charge in [0, 0.05) is 6.61 Å². The molecule has 18 heavy (non-hydrogen) atoms. The van der Waals surface area contributed by atoms with Crippen molar-refractivity contribution in [3.8, 4) is 0 Å². The molecule has 0 amide bonds. The van der Waals surface area contributed by atoms with Gasteiger partial charge in [0.05, 0.1) is 17.1 Å². The van der Waals surface area contributed by atoms with Gasteiger partial charge in [0.1, 0.15) is 5.82 Å². The van der Waals surface area contributed by atoms with E-state index in [0.717, 1.165) is 36.9 Å². The number of benzene rings is 1. The van der Waals surface area contributed by atoms with Crippen LogP contribution in [-0.2, 0) is 11.2 Å². The highest BCUT2D eigenvalue weighted by atomic mass is 19.1. The first kappa shape index (κ1) is 11.7. The highest BCUT2D eigenvalue weighted by Crippen LogP contribution is 2.28. The van der Waals surface area contributed by atoms with Crippen LogP contribution in [0.5, 0.6) is 0 Å². The minimum atomic E-state index is -0.142. The number of fused-ring (bicyclic) bond motifs is 1. The Bertz CT molecular complexity index is 558. The largest absolute Gasteiger partial charge is 0.356 e. The number of rotatable bonds is 2. The molecular weight excluding hydrogens is 231 g/mol. The number of halogens is 1. The second kappa shape index (κ2) is 4.69. The third-order valence-corrected chi connectivity index (χ3v) is 3.60. The van der Waals surface area contributed by atoms with E-state index in [-0.39, 0.29) is 12.0 Å². The second-order valence-electron chi connectivity index (χ2n) is 4.74. The minimum Gasteiger partial charge on any atom is -0.356 e. The average Bonchev–Trinajstić information content (AvgIpc) is 2.85. The van der Waals surface area contributed by atoms with Gasteiger partial charge < -0.3 is 4.74 Å². The summed E-state index contributed by atoms with van der Waals surface area (Å²) in [4.78, 5) is 0. The molecule has 1 fully saturated rings. The molecule has 1 aromatic heterocycles. The molecule has 4 heteroatoms. The van der Waals surface area contributed by atoms with Crippen LogP contribution in [0.2, 0.25) is 0 Å². The van der Waals surface area contributed by atoms with Crippen molar-refractivity contribution in [3.05, 3.63) is 29.7 Å². The van der Waals surface area contributed by atoms with Gasteiger partial charge in [-0.3, -0.25) is 0 Å². The minimum absolute atomic E-state index is 0.0388. The summed E-state index contributed by atoms with van der Waals surface area (Å²) in [6, 6.07) is 3.79. The lowest BCUT2D eigenvalue weighted by molar-refractivity contribution is -0.0366. The van der Waals surface area contributed by atoms with Crippen molar-refractivity contribution < 1.29 is 9.13 Å². The van der Waals surface area contributed by atoms with Crippen LogP contribution >= 0.6 is 0 Å². The summed E-state index contributed by atoms with van der Waals surface area (Å²) in [6.07, 6.45) is 5.47. The summed E-state index contributed by atoms with van der Waals surface area (Å²) in [5.74, 6) is -0.142. The Balaban J connectivity index is 2.06. The van der Waals surface area contributed by atoms with Crippen molar-refractivity contribution in [3.63, 3.8) is 0 Å². The molecule has 0 bridgehead atoms. The number of hydrogen-bond acceptors (Lipinski definition) is 2. The first-order valence-electron chi connectivity index (χ1n) is 6.57. The lowest BCUT2D eigenvalue weighted by atomic mass is 10.1. The number of nitrogens with zero attached hydrogens (tertiary/aromatic N) is 2. The fourth-order valence-corrected chi connectivity index (χ4v) is 2.55. The number of ether oxygens (including phenoxy) is 1. The summed E-state index contributed by atoms with van der Waals surface area (Å²) < 4.78 is 21.7. The first-order chi connectivity index (χ1) is 8.81. The van der Waals surface area contributed by atoms with Crippen molar-refractivity contribution in [2.45, 2.75) is 38.8 Å². The zero-order chi connectivity index (χ0) is 12.5. The Morgan fingerprint density at radius 1 is 1.44 bits per heavy atom. The summed E-state index contributed by atoms with van der Waals surface area (Å²) in [5, 5.41) is 4.91. The molecule has 0 saturated carbocycles. The summed E-state index contributed by atoms with van der Waals surface area (Å²) in [7, 11) is 0. The van der Waals surface area contributed by atoms with Crippen molar-refractivity contribution in [2.75, 3.05) is 6.61 Å². The van der Waals surface area contributed by atoms with Gasteiger partial charge in [-0.2, -0.15) is 5.10 Å². The van der Waals surface area contributed by atoms with E-state index in [1.165, 1.54) is 0 Å². The van der Waals surface area contributed by atoms with E-state index in [0.29, 0.717) is 11.8 Å². The van der Waals surface area contributed by atoms with Crippen molar-refractivity contribution in [1.82, 2.24) is 9.78 Å². The van der Waals surface area contributed by atoms with E-state index in [2.05, 4.69) is 5.10 Å². The molecule has 2 heterocycles. The van der Waals surface area contributed by atoms with Crippen molar-refractivity contribution in [2.24, 2.45) is 0 Å². The Labute approximate surface area is 106 Å². The maximum atomic E-state index is 14.2. The molecule has 1 saturated heterocycles. The van der Waals surface area contributed by atoms with Crippen LogP contribution in [0.1, 0.15) is 38.0 Å². The molecule has 96 valence electrons. The highest BCUT2D eigenvalue weighted by molar-refractivity contribution is 5.80. The topological polar surface area (TPSA) is 27.1 Å². The molecular formula is C14H17FN2O. The van der Waals surface area contributed by atoms with E-state index in [1.54, 1.807) is 6.20 Å². The summed E-state index contributed by atoms with van der Waals surface area (Å²) in [5.41, 5.74) is 1.57. The Morgan fingerprint density at radius 3 is 3.06 bits per heavy atom. The van der Waals surface area contributed by atoms with Gasteiger partial charge in [0.15, 0.2) is 6.23 Å². The fourth-order valence-electron chi connectivity index (χ4n) is 2.55. The standard InChI is InChI=1S/C14H17FN2O/c1-2-10-6-7-12-11(14(10)15)9-16-17(12)13-5-3-4-8-18-13/h6-7,9,13H,2-5,8H2,1H3. The fraction of sp³-hybridized carbons (Fsp3) is 0.500. The normalized spacial score (nSPS) is 20.4. The lowest BCUT2D eigenvalue weighted by Crippen LogP contribution is -2.18. The zero-order valence-electron chi connectivity index (χ0n) is 10.5. The van der Waals surface area contributed by atoms with Crippen LogP contribution in [0, 0.1) is 5.82 Å². The molecule has 1 aliphatic heterocycles. The Morgan fingerprint density at radius 2 is 2.33 bits per heavy atom. The van der Waals surface area contributed by atoms with Crippen LogP contribution in [-0.4, -0.2) is 16.4 Å². The molecule has 0 radical (unpaired) electrons. The molecule has 1 aliphatic rings. The van der Waals surface area contributed by atoms with Gasteiger partial charge in [-0.05, 0) is 37.3 Å². The van der Waals surface area contributed by atoms with Crippen LogP contribution < -0.4 is 0 Å². The van der Waals surface area contributed by atoms with Crippen molar-refractivity contribution in [1.29, 1.82) is 0 Å². The van der Waals surface area contributed by atoms with E-state index < -0.39 is 0 Å². The van der Waals surface area contributed by atoms with Crippen LogP contribution in [0.15, 0.2) is 18.3 Å². The van der Waals surface area contributed by atoms with Crippen molar-refractivity contribution >= 4 is 10.9 Å². The van der Waals surface area contributed by atoms with Gasteiger partial charge in [-0.25, -0.2) is 9.07 Å². The van der Waals surface area contributed by atoms with E-state index in [9.17, 15) is 4.39 Å². The molecule has 0 N–H and O–H groups in total. The maximum absolute atomic E-state index is 14.2. The zero-order valence-corrected chi connectivity index (χ0v) is 10.5. The summed E-state index contributed by atoms with van der Waals surface area (Å²) >= 11 is 0. The van der Waals surface area contributed by atoms with Gasteiger partial charge in [-0.1, -0.05) is 13.0 Å². The van der Waals surface area contributed by atoms with Crippen LogP contribution in [0.4, 0.5) is 4.39 Å². The molecule has 3 rings (SSSR count). The highest BCUT2D eigenvalue weighted by Gasteiger charge is 2.20. The third-order valence-electron chi connectivity index (χ3n) is 3.60. The SMILES string of the molecule is CCc1ccc2c(cnn2C2CCCCO2)c1F. The lowest BCUT2D eigenvalue weighted by Gasteiger charge is -2.23. The molecule has 2 aromatic rings. The quantitative estimate of drug-likeness (QED) is 0.814. The smallest absolute Gasteiger partial charge is 0.150 e. The van der Waals surface area contributed by atoms with E-state index in [4.69, 9.17) is 4.74 Å². The monoisotopic (exact) mass is 248 g/mol. The Hall–Kier alpha value is -1.42. The van der Waals surface area contributed by atoms with E-state index >= 15 is 0 Å². The van der Waals surface area contributed by atoms with E-state index in [1.807, 2.05) is 23.7 Å². The van der Waals surface area contributed by atoms with Gasteiger partial charge >= 0.3 is 0 Å². The van der Waals surface area contributed by atoms with Gasteiger partial charge in [0.2, 0.25) is 0 Å². The number of aromatic nitrogens is 2. The maximum Gasteiger partial charge on any atom is 0.150 e.